The van der Waals surface area contributed by atoms with Gasteiger partial charge in [-0.15, -0.1) is 0 Å². The maximum Gasteiger partial charge on any atom is 0.330 e. The van der Waals surface area contributed by atoms with Gasteiger partial charge in [-0.25, -0.2) is 14.1 Å². The number of esters is 1. The third kappa shape index (κ3) is 6.85. The Bertz CT molecular complexity index is 1020. The summed E-state index contributed by atoms with van der Waals surface area (Å²) in [6, 6.07) is 7.25. The Balaban J connectivity index is 1.76. The van der Waals surface area contributed by atoms with Gasteiger partial charge in [0.05, 0.1) is 24.1 Å². The summed E-state index contributed by atoms with van der Waals surface area (Å²) in [6.07, 6.45) is -2.16. The molecule has 2 heterocycles. The highest BCUT2D eigenvalue weighted by atomic mass is 32.2. The number of aliphatic imine (C=N–C) groups is 1. The molecular formula is C25H34N4O6S. The number of nitrogens with zero attached hydrogens (tertiary/aromatic N) is 2. The molecule has 0 saturated carbocycles. The minimum absolute atomic E-state index is 0.0597. The number of cyclic esters (lactones) is 1. The van der Waals surface area contributed by atoms with Crippen molar-refractivity contribution in [1.82, 2.24) is 14.9 Å². The third-order valence-electron chi connectivity index (χ3n) is 5.60. The van der Waals surface area contributed by atoms with E-state index in [1.165, 1.54) is 11.2 Å². The van der Waals surface area contributed by atoms with Gasteiger partial charge in [0.1, 0.15) is 6.04 Å². The van der Waals surface area contributed by atoms with Crippen LogP contribution in [0.1, 0.15) is 53.5 Å². The Kier molecular flexibility index (Phi) is 8.78. The van der Waals surface area contributed by atoms with Crippen LogP contribution in [0.15, 0.2) is 35.3 Å². The fraction of sp³-hybridized carbons (Fsp3) is 0.560. The van der Waals surface area contributed by atoms with E-state index in [4.69, 9.17) is 9.47 Å². The number of ketones is 1. The van der Waals surface area contributed by atoms with E-state index in [-0.39, 0.29) is 24.9 Å². The fourth-order valence-electron chi connectivity index (χ4n) is 3.72. The van der Waals surface area contributed by atoms with Crippen molar-refractivity contribution < 1.29 is 28.7 Å². The number of carbonyl (C=O) groups is 4. The van der Waals surface area contributed by atoms with Crippen LogP contribution in [0.2, 0.25) is 0 Å². The molecule has 0 aromatic heterocycles. The molecule has 196 valence electrons. The Morgan fingerprint density at radius 3 is 2.47 bits per heavy atom. The number of urea groups is 1. The molecule has 2 aliphatic heterocycles. The predicted molar refractivity (Wildman–Crippen MR) is 136 cm³/mol. The molecule has 0 spiro atoms. The minimum Gasteiger partial charge on any atom is -0.433 e. The second-order valence-corrected chi connectivity index (χ2v) is 11.2. The zero-order valence-corrected chi connectivity index (χ0v) is 22.3. The van der Waals surface area contributed by atoms with Crippen molar-refractivity contribution in [2.24, 2.45) is 16.3 Å². The third-order valence-corrected chi connectivity index (χ3v) is 7.06. The Morgan fingerprint density at radius 2 is 1.89 bits per heavy atom. The van der Waals surface area contributed by atoms with Crippen LogP contribution in [0.4, 0.5) is 4.79 Å². The topological polar surface area (TPSA) is 126 Å². The first-order chi connectivity index (χ1) is 16.9. The normalized spacial score (nSPS) is 22.8. The molecule has 36 heavy (non-hydrogen) atoms. The zero-order chi connectivity index (χ0) is 26.6. The highest BCUT2D eigenvalue weighted by Crippen LogP contribution is 2.36. The van der Waals surface area contributed by atoms with Crippen molar-refractivity contribution in [3.05, 3.63) is 35.9 Å². The second kappa shape index (κ2) is 11.4. The van der Waals surface area contributed by atoms with Crippen molar-refractivity contribution in [2.45, 2.75) is 79.1 Å². The van der Waals surface area contributed by atoms with Gasteiger partial charge in [-0.3, -0.25) is 14.4 Å². The SMILES string of the molecule is CC(=O)NC(C(=O)C1N=C(C(C)(C)C)SN1C(=O)NC1CC(=O)OC1OCc1ccccc1)C(C)C. The van der Waals surface area contributed by atoms with E-state index in [0.29, 0.717) is 5.04 Å². The smallest absolute Gasteiger partial charge is 0.330 e. The van der Waals surface area contributed by atoms with Gasteiger partial charge in [0, 0.05) is 24.3 Å². The van der Waals surface area contributed by atoms with Gasteiger partial charge in [-0.05, 0) is 11.5 Å². The molecule has 3 amide bonds. The standard InChI is InChI=1S/C25H34N4O6S/c1-14(2)19(26-15(3)30)20(32)21-28-23(25(4,5)6)36-29(21)24(33)27-17-12-18(31)35-22(17)34-13-16-10-8-7-9-11-16/h7-11,14,17,19,21-22H,12-13H2,1-6H3,(H,26,30)(H,27,33). The minimum atomic E-state index is -1.13. The molecule has 1 aromatic carbocycles. The maximum absolute atomic E-state index is 13.5. The van der Waals surface area contributed by atoms with Crippen LogP contribution >= 0.6 is 11.9 Å². The van der Waals surface area contributed by atoms with Gasteiger partial charge in [0.25, 0.3) is 0 Å². The van der Waals surface area contributed by atoms with Crippen LogP contribution in [0, 0.1) is 11.3 Å². The van der Waals surface area contributed by atoms with Gasteiger partial charge in [-0.1, -0.05) is 65.0 Å². The summed E-state index contributed by atoms with van der Waals surface area (Å²) in [5, 5.41) is 6.07. The monoisotopic (exact) mass is 518 g/mol. The first-order valence-corrected chi connectivity index (χ1v) is 12.7. The average molecular weight is 519 g/mol. The van der Waals surface area contributed by atoms with Crippen molar-refractivity contribution in [3.8, 4) is 0 Å². The largest absolute Gasteiger partial charge is 0.433 e. The summed E-state index contributed by atoms with van der Waals surface area (Å²) in [7, 11) is 0. The number of ether oxygens (including phenoxy) is 2. The number of Topliss-reactive ketones (excluding diaryl/α,β-unsaturated/α-hetero) is 1. The lowest BCUT2D eigenvalue weighted by molar-refractivity contribution is -0.166. The van der Waals surface area contributed by atoms with Crippen LogP contribution in [-0.2, 0) is 30.5 Å². The van der Waals surface area contributed by atoms with E-state index in [0.717, 1.165) is 17.5 Å². The molecule has 1 saturated heterocycles. The molecular weight excluding hydrogens is 484 g/mol. The highest BCUT2D eigenvalue weighted by molar-refractivity contribution is 8.12. The van der Waals surface area contributed by atoms with Crippen LogP contribution in [0.25, 0.3) is 0 Å². The molecule has 4 atom stereocenters. The Hall–Kier alpha value is -2.92. The highest BCUT2D eigenvalue weighted by Gasteiger charge is 2.45. The lowest BCUT2D eigenvalue weighted by Gasteiger charge is -2.28. The van der Waals surface area contributed by atoms with Crippen molar-refractivity contribution >= 4 is 40.7 Å². The number of hydrogen-bond donors (Lipinski definition) is 2. The van der Waals surface area contributed by atoms with Gasteiger partial charge in [0.2, 0.25) is 18.0 Å². The fourth-order valence-corrected chi connectivity index (χ4v) is 4.71. The number of nitrogens with one attached hydrogen (secondary N) is 2. The van der Waals surface area contributed by atoms with Crippen LogP contribution in [0.3, 0.4) is 0 Å². The zero-order valence-electron chi connectivity index (χ0n) is 21.4. The van der Waals surface area contributed by atoms with E-state index in [9.17, 15) is 19.2 Å². The Labute approximate surface area is 215 Å². The van der Waals surface area contributed by atoms with E-state index in [2.05, 4.69) is 15.6 Å². The predicted octanol–water partition coefficient (Wildman–Crippen LogP) is 3.02. The maximum atomic E-state index is 13.5. The molecule has 0 bridgehead atoms. The van der Waals surface area contributed by atoms with Crippen molar-refractivity contribution in [2.75, 3.05) is 0 Å². The first kappa shape index (κ1) is 27.7. The molecule has 2 N–H and O–H groups in total. The lowest BCUT2D eigenvalue weighted by Crippen LogP contribution is -2.54. The molecule has 0 radical (unpaired) electrons. The molecule has 2 aliphatic rings. The number of hydrogen-bond acceptors (Lipinski definition) is 8. The Morgan fingerprint density at radius 1 is 1.22 bits per heavy atom. The van der Waals surface area contributed by atoms with Crippen LogP contribution in [-0.4, -0.2) is 57.6 Å². The van der Waals surface area contributed by atoms with Gasteiger partial charge in [-0.2, -0.15) is 0 Å². The average Bonchev–Trinajstić information content (AvgIpc) is 3.40. The summed E-state index contributed by atoms with van der Waals surface area (Å²) in [4.78, 5) is 55.2. The number of carbonyl (C=O) groups excluding carboxylic acids is 4. The molecule has 3 rings (SSSR count). The van der Waals surface area contributed by atoms with Crippen molar-refractivity contribution in [1.29, 1.82) is 0 Å². The summed E-state index contributed by atoms with van der Waals surface area (Å²) >= 11 is 1.08. The van der Waals surface area contributed by atoms with E-state index < -0.39 is 47.7 Å². The number of benzene rings is 1. The van der Waals surface area contributed by atoms with Gasteiger partial charge < -0.3 is 20.1 Å². The molecule has 1 fully saturated rings. The van der Waals surface area contributed by atoms with Crippen LogP contribution in [0.5, 0.6) is 0 Å². The second-order valence-electron chi connectivity index (χ2n) is 10.2. The summed E-state index contributed by atoms with van der Waals surface area (Å²) in [6.45, 7) is 11.0. The summed E-state index contributed by atoms with van der Waals surface area (Å²) in [5.74, 6) is -1.43. The summed E-state index contributed by atoms with van der Waals surface area (Å²) < 4.78 is 12.3. The van der Waals surface area contributed by atoms with Gasteiger partial charge >= 0.3 is 12.0 Å². The van der Waals surface area contributed by atoms with E-state index in [1.54, 1.807) is 0 Å². The number of amides is 3. The van der Waals surface area contributed by atoms with E-state index in [1.807, 2.05) is 65.0 Å². The lowest BCUT2D eigenvalue weighted by atomic mass is 9.96. The van der Waals surface area contributed by atoms with E-state index >= 15 is 0 Å². The van der Waals surface area contributed by atoms with Crippen molar-refractivity contribution in [3.63, 3.8) is 0 Å². The molecule has 4 unspecified atom stereocenters. The molecule has 10 nitrogen and oxygen atoms in total. The number of rotatable bonds is 8. The molecule has 1 aromatic rings. The molecule has 11 heteroatoms. The van der Waals surface area contributed by atoms with Gasteiger partial charge in [0.15, 0.2) is 6.17 Å². The first-order valence-electron chi connectivity index (χ1n) is 11.9. The quantitative estimate of drug-likeness (QED) is 0.400. The summed E-state index contributed by atoms with van der Waals surface area (Å²) in [5.41, 5.74) is 0.486. The molecule has 0 aliphatic carbocycles. The van der Waals surface area contributed by atoms with Crippen LogP contribution < -0.4 is 10.6 Å².